The summed E-state index contributed by atoms with van der Waals surface area (Å²) in [6, 6.07) is 0.553. The van der Waals surface area contributed by atoms with Gasteiger partial charge in [0.15, 0.2) is 0 Å². The third kappa shape index (κ3) is 3.53. The molecule has 1 aliphatic carbocycles. The number of carbonyl (C=O) groups excluding carboxylic acids is 1. The molecule has 3 unspecified atom stereocenters. The van der Waals surface area contributed by atoms with Crippen molar-refractivity contribution in [1.29, 1.82) is 0 Å². The van der Waals surface area contributed by atoms with Crippen LogP contribution in [0.4, 0.5) is 0 Å². The Morgan fingerprint density at radius 2 is 2.29 bits per heavy atom. The van der Waals surface area contributed by atoms with Crippen LogP contribution in [-0.4, -0.2) is 40.3 Å². The summed E-state index contributed by atoms with van der Waals surface area (Å²) in [4.78, 5) is 16.8. The molecule has 1 saturated heterocycles. The van der Waals surface area contributed by atoms with Gasteiger partial charge in [0, 0.05) is 31.7 Å². The molecule has 6 nitrogen and oxygen atoms in total. The average molecular weight is 400 g/mol. The lowest BCUT2D eigenvalue weighted by Crippen LogP contribution is -2.45. The molecular weight excluding hydrogens is 374 g/mol. The molecule has 134 valence electrons. The molecule has 0 aromatic carbocycles. The van der Waals surface area contributed by atoms with Gasteiger partial charge in [-0.15, -0.1) is 0 Å². The van der Waals surface area contributed by atoms with Crippen molar-refractivity contribution < 1.29 is 14.3 Å². The molecule has 2 fully saturated rings. The topological polar surface area (TPSA) is 65.4 Å². The summed E-state index contributed by atoms with van der Waals surface area (Å²) in [5.74, 6) is 0.861. The maximum atomic E-state index is 12.2. The van der Waals surface area contributed by atoms with Crippen LogP contribution in [0.25, 0.3) is 0 Å². The summed E-state index contributed by atoms with van der Waals surface area (Å²) >= 11 is 3.45. The Labute approximate surface area is 151 Å². The van der Waals surface area contributed by atoms with E-state index in [0.717, 1.165) is 36.2 Å². The highest BCUT2D eigenvalue weighted by atomic mass is 79.9. The molecule has 1 aromatic heterocycles. The smallest absolute Gasteiger partial charge is 0.332 e. The number of nitrogens with zero attached hydrogens (tertiary/aromatic N) is 2. The molecule has 24 heavy (non-hydrogen) atoms. The van der Waals surface area contributed by atoms with Crippen LogP contribution in [0.2, 0.25) is 0 Å². The average Bonchev–Trinajstić information content (AvgIpc) is 3.02. The molecular formula is C17H26BrN3O3. The predicted octanol–water partition coefficient (Wildman–Crippen LogP) is 2.51. The Balaban J connectivity index is 1.84. The monoisotopic (exact) mass is 399 g/mol. The quantitative estimate of drug-likeness (QED) is 0.787. The number of esters is 1. The number of imidazole rings is 1. The Morgan fingerprint density at radius 3 is 2.92 bits per heavy atom. The summed E-state index contributed by atoms with van der Waals surface area (Å²) in [5, 5.41) is 3.55. The number of halogens is 1. The number of fused-ring (bicyclic) bond motifs is 2. The number of aromatic nitrogens is 2. The lowest BCUT2D eigenvalue weighted by atomic mass is 9.75. The fourth-order valence-electron chi connectivity index (χ4n) is 3.92. The number of hydrogen-bond donors (Lipinski definition) is 1. The van der Waals surface area contributed by atoms with Gasteiger partial charge in [-0.1, -0.05) is 0 Å². The van der Waals surface area contributed by atoms with E-state index in [-0.39, 0.29) is 12.6 Å². The second-order valence-electron chi connectivity index (χ2n) is 7.84. The van der Waals surface area contributed by atoms with Crippen molar-refractivity contribution in [2.75, 3.05) is 13.2 Å². The van der Waals surface area contributed by atoms with Crippen molar-refractivity contribution in [3.05, 3.63) is 16.6 Å². The third-order valence-electron chi connectivity index (χ3n) is 4.84. The van der Waals surface area contributed by atoms with Crippen molar-refractivity contribution >= 4 is 21.9 Å². The zero-order chi connectivity index (χ0) is 17.5. The molecule has 1 aromatic rings. The number of nitrogens with one attached hydrogen (secondary N) is 1. The maximum absolute atomic E-state index is 12.2. The zero-order valence-electron chi connectivity index (χ0n) is 14.8. The van der Waals surface area contributed by atoms with Crippen molar-refractivity contribution in [2.24, 2.45) is 13.0 Å². The van der Waals surface area contributed by atoms with E-state index in [1.54, 1.807) is 0 Å². The van der Waals surface area contributed by atoms with Crippen molar-refractivity contribution in [2.45, 2.75) is 57.3 Å². The molecule has 7 heteroatoms. The fraction of sp³-hybridized carbons (Fsp3) is 0.765. The SMILES string of the molecule is Cn1cc(Br)nc1C1(OCC(=O)OC(C)(C)C)CCC2CC1CN2. The van der Waals surface area contributed by atoms with E-state index >= 15 is 0 Å². The van der Waals surface area contributed by atoms with Gasteiger partial charge in [-0.05, 0) is 56.0 Å². The molecule has 1 saturated carbocycles. The molecule has 0 spiro atoms. The molecule has 3 rings (SSSR count). The Bertz CT molecular complexity index is 625. The van der Waals surface area contributed by atoms with Crippen molar-refractivity contribution in [1.82, 2.24) is 14.9 Å². The molecule has 0 amide bonds. The summed E-state index contributed by atoms with van der Waals surface area (Å²) in [6.07, 6.45) is 4.87. The van der Waals surface area contributed by atoms with Crippen LogP contribution in [0.1, 0.15) is 45.9 Å². The van der Waals surface area contributed by atoms with Crippen LogP contribution in [0.5, 0.6) is 0 Å². The Kier molecular flexibility index (Phi) is 4.79. The maximum Gasteiger partial charge on any atom is 0.332 e. The van der Waals surface area contributed by atoms with Gasteiger partial charge in [-0.3, -0.25) is 0 Å². The first-order valence-electron chi connectivity index (χ1n) is 8.48. The summed E-state index contributed by atoms with van der Waals surface area (Å²) in [6.45, 7) is 6.43. The van der Waals surface area contributed by atoms with Crippen molar-refractivity contribution in [3.63, 3.8) is 0 Å². The zero-order valence-corrected chi connectivity index (χ0v) is 16.4. The number of rotatable bonds is 4. The van der Waals surface area contributed by atoms with E-state index < -0.39 is 11.2 Å². The molecule has 1 N–H and O–H groups in total. The van der Waals surface area contributed by atoms with Gasteiger partial charge >= 0.3 is 5.97 Å². The van der Waals surface area contributed by atoms with E-state index in [9.17, 15) is 4.79 Å². The van der Waals surface area contributed by atoms with Gasteiger partial charge in [-0.25, -0.2) is 9.78 Å². The second-order valence-corrected chi connectivity index (χ2v) is 8.65. The minimum absolute atomic E-state index is 0.0527. The van der Waals surface area contributed by atoms with Gasteiger partial charge in [0.1, 0.15) is 28.2 Å². The largest absolute Gasteiger partial charge is 0.458 e. The summed E-state index contributed by atoms with van der Waals surface area (Å²) < 4.78 is 14.5. The standard InChI is InChI=1S/C17H26BrN3O3/c1-16(2,3)24-14(22)10-23-17(15-20-13(18)9-21(15)4)6-5-12-7-11(17)8-19-12/h9,11-12,19H,5-8,10H2,1-4H3. The highest BCUT2D eigenvalue weighted by Crippen LogP contribution is 2.47. The summed E-state index contributed by atoms with van der Waals surface area (Å²) in [7, 11) is 1.97. The van der Waals surface area contributed by atoms with Gasteiger partial charge < -0.3 is 19.4 Å². The molecule has 2 bridgehead atoms. The van der Waals surface area contributed by atoms with Gasteiger partial charge in [-0.2, -0.15) is 0 Å². The van der Waals surface area contributed by atoms with Crippen molar-refractivity contribution in [3.8, 4) is 0 Å². The van der Waals surface area contributed by atoms with E-state index in [1.165, 1.54) is 0 Å². The first kappa shape index (κ1) is 17.9. The lowest BCUT2D eigenvalue weighted by Gasteiger charge is -2.40. The minimum atomic E-state index is -0.544. The summed E-state index contributed by atoms with van der Waals surface area (Å²) in [5.41, 5.74) is -1.05. The molecule has 3 atom stereocenters. The van der Waals surface area contributed by atoms with Crippen LogP contribution in [0, 0.1) is 5.92 Å². The highest BCUT2D eigenvalue weighted by Gasteiger charge is 2.51. The molecule has 1 aliphatic heterocycles. The number of carbonyl (C=O) groups is 1. The fourth-order valence-corrected chi connectivity index (χ4v) is 4.39. The second kappa shape index (κ2) is 6.42. The first-order chi connectivity index (χ1) is 11.2. The molecule has 2 heterocycles. The predicted molar refractivity (Wildman–Crippen MR) is 93.5 cm³/mol. The van der Waals surface area contributed by atoms with Gasteiger partial charge in [0.25, 0.3) is 0 Å². The van der Waals surface area contributed by atoms with E-state index in [4.69, 9.17) is 9.47 Å². The highest BCUT2D eigenvalue weighted by molar-refractivity contribution is 9.10. The van der Waals surface area contributed by atoms with Crippen LogP contribution < -0.4 is 5.32 Å². The minimum Gasteiger partial charge on any atom is -0.458 e. The lowest BCUT2D eigenvalue weighted by molar-refractivity contribution is -0.175. The third-order valence-corrected chi connectivity index (χ3v) is 5.22. The van der Waals surface area contributed by atoms with E-state index in [2.05, 4.69) is 26.2 Å². The number of hydrogen-bond acceptors (Lipinski definition) is 5. The Morgan fingerprint density at radius 1 is 1.54 bits per heavy atom. The number of ether oxygens (including phenoxy) is 2. The van der Waals surface area contributed by atoms with Crippen LogP contribution in [0.15, 0.2) is 10.8 Å². The first-order valence-corrected chi connectivity index (χ1v) is 9.27. The molecule has 0 radical (unpaired) electrons. The van der Waals surface area contributed by atoms with Crippen LogP contribution in [0.3, 0.4) is 0 Å². The molecule has 2 aliphatic rings. The van der Waals surface area contributed by atoms with Gasteiger partial charge in [0.2, 0.25) is 0 Å². The van der Waals surface area contributed by atoms with E-state index in [0.29, 0.717) is 12.0 Å². The normalized spacial score (nSPS) is 29.7. The van der Waals surface area contributed by atoms with Gasteiger partial charge in [0.05, 0.1) is 0 Å². The van der Waals surface area contributed by atoms with Crippen LogP contribution >= 0.6 is 15.9 Å². The van der Waals surface area contributed by atoms with Crippen LogP contribution in [-0.2, 0) is 26.9 Å². The Hall–Kier alpha value is -0.920. The van der Waals surface area contributed by atoms with E-state index in [1.807, 2.05) is 38.6 Å². The number of aryl methyl sites for hydroxylation is 1.